The maximum atomic E-state index is 12.8. The summed E-state index contributed by atoms with van der Waals surface area (Å²) in [6.07, 6.45) is 0. The second-order valence-electron chi connectivity index (χ2n) is 2.51. The number of carbonyl (C=O) groups excluding carboxylic acids is 2. The van der Waals surface area contributed by atoms with Crippen LogP contribution in [0.4, 0.5) is 8.78 Å². The Morgan fingerprint density at radius 3 is 2.31 bits per heavy atom. The summed E-state index contributed by atoms with van der Waals surface area (Å²) in [5.74, 6) is -3.51. The van der Waals surface area contributed by atoms with Crippen molar-refractivity contribution in [1.82, 2.24) is 0 Å². The first-order chi connectivity index (χ1) is 6.02. The van der Waals surface area contributed by atoms with Crippen LogP contribution in [0.15, 0.2) is 18.2 Å². The van der Waals surface area contributed by atoms with Gasteiger partial charge in [0.2, 0.25) is 5.78 Å². The zero-order valence-electron chi connectivity index (χ0n) is 6.80. The predicted octanol–water partition coefficient (Wildman–Crippen LogP) is 1.74. The lowest BCUT2D eigenvalue weighted by Gasteiger charge is -1.98. The van der Waals surface area contributed by atoms with Gasteiger partial charge in [0.1, 0.15) is 11.6 Å². The second kappa shape index (κ2) is 3.43. The highest BCUT2D eigenvalue weighted by molar-refractivity contribution is 6.42. The molecular formula is C9H6F2O2. The van der Waals surface area contributed by atoms with Crippen molar-refractivity contribution in [3.8, 4) is 0 Å². The van der Waals surface area contributed by atoms with Gasteiger partial charge in [-0.2, -0.15) is 0 Å². The molecule has 0 aliphatic heterocycles. The maximum Gasteiger partial charge on any atom is 0.231 e. The van der Waals surface area contributed by atoms with Crippen molar-refractivity contribution in [1.29, 1.82) is 0 Å². The third-order valence-electron chi connectivity index (χ3n) is 1.50. The summed E-state index contributed by atoms with van der Waals surface area (Å²) < 4.78 is 25.2. The minimum absolute atomic E-state index is 0.395. The normalized spacial score (nSPS) is 9.77. The first-order valence-corrected chi connectivity index (χ1v) is 3.52. The second-order valence-corrected chi connectivity index (χ2v) is 2.51. The van der Waals surface area contributed by atoms with Gasteiger partial charge in [0.05, 0.1) is 5.56 Å². The number of ketones is 2. The van der Waals surface area contributed by atoms with Gasteiger partial charge in [0.25, 0.3) is 0 Å². The molecule has 0 N–H and O–H groups in total. The fourth-order valence-corrected chi connectivity index (χ4v) is 0.863. The van der Waals surface area contributed by atoms with E-state index in [4.69, 9.17) is 0 Å². The molecule has 0 aromatic heterocycles. The van der Waals surface area contributed by atoms with Gasteiger partial charge in [-0.25, -0.2) is 8.78 Å². The Bertz CT molecular complexity index is 372. The van der Waals surface area contributed by atoms with E-state index in [1.54, 1.807) is 0 Å². The highest BCUT2D eigenvalue weighted by Crippen LogP contribution is 2.10. The van der Waals surface area contributed by atoms with Gasteiger partial charge >= 0.3 is 0 Å². The molecule has 0 fully saturated rings. The van der Waals surface area contributed by atoms with Crippen molar-refractivity contribution in [3.63, 3.8) is 0 Å². The van der Waals surface area contributed by atoms with Gasteiger partial charge in [0.15, 0.2) is 5.78 Å². The van der Waals surface area contributed by atoms with E-state index in [-0.39, 0.29) is 0 Å². The number of halogens is 2. The van der Waals surface area contributed by atoms with Crippen LogP contribution >= 0.6 is 0 Å². The molecule has 0 atom stereocenters. The molecule has 0 radical (unpaired) electrons. The molecule has 13 heavy (non-hydrogen) atoms. The van der Waals surface area contributed by atoms with E-state index in [0.717, 1.165) is 19.1 Å². The molecule has 0 unspecified atom stereocenters. The van der Waals surface area contributed by atoms with Gasteiger partial charge in [-0.3, -0.25) is 9.59 Å². The number of benzene rings is 1. The lowest BCUT2D eigenvalue weighted by atomic mass is 10.1. The van der Waals surface area contributed by atoms with Gasteiger partial charge in [-0.05, 0) is 12.1 Å². The lowest BCUT2D eigenvalue weighted by Crippen LogP contribution is -2.11. The molecule has 0 saturated heterocycles. The Morgan fingerprint density at radius 2 is 1.85 bits per heavy atom. The molecule has 1 aromatic rings. The fraction of sp³-hybridized carbons (Fsp3) is 0.111. The largest absolute Gasteiger partial charge is 0.291 e. The van der Waals surface area contributed by atoms with Crippen molar-refractivity contribution in [2.45, 2.75) is 6.92 Å². The summed E-state index contributed by atoms with van der Waals surface area (Å²) in [6.45, 7) is 1.03. The molecule has 4 heteroatoms. The number of Topliss-reactive ketones (excluding diaryl/α,β-unsaturated/α-hetero) is 2. The van der Waals surface area contributed by atoms with Crippen molar-refractivity contribution < 1.29 is 18.4 Å². The lowest BCUT2D eigenvalue weighted by molar-refractivity contribution is -0.113. The third kappa shape index (κ3) is 1.96. The minimum atomic E-state index is -1.01. The molecule has 1 rings (SSSR count). The zero-order valence-corrected chi connectivity index (χ0v) is 6.80. The Hall–Kier alpha value is -1.58. The first-order valence-electron chi connectivity index (χ1n) is 3.52. The Labute approximate surface area is 73.2 Å². The van der Waals surface area contributed by atoms with Crippen LogP contribution < -0.4 is 0 Å². The molecule has 68 valence electrons. The molecule has 0 bridgehead atoms. The fourth-order valence-electron chi connectivity index (χ4n) is 0.863. The molecule has 0 aliphatic carbocycles. The predicted molar refractivity (Wildman–Crippen MR) is 41.4 cm³/mol. The smallest absolute Gasteiger partial charge is 0.231 e. The van der Waals surface area contributed by atoms with Crippen LogP contribution in [0.5, 0.6) is 0 Å². The molecule has 1 aromatic carbocycles. The number of hydrogen-bond acceptors (Lipinski definition) is 2. The minimum Gasteiger partial charge on any atom is -0.291 e. The van der Waals surface area contributed by atoms with Crippen LogP contribution in [0.2, 0.25) is 0 Å². The standard InChI is InChI=1S/C9H6F2O2/c1-5(12)9(13)7-3-2-6(10)4-8(7)11/h2-4H,1H3. The van der Waals surface area contributed by atoms with Gasteiger partial charge in [-0.15, -0.1) is 0 Å². The van der Waals surface area contributed by atoms with E-state index in [1.165, 1.54) is 0 Å². The molecule has 0 amide bonds. The van der Waals surface area contributed by atoms with Crippen LogP contribution in [0.1, 0.15) is 17.3 Å². The van der Waals surface area contributed by atoms with Crippen molar-refractivity contribution in [3.05, 3.63) is 35.4 Å². The average molecular weight is 184 g/mol. The molecular weight excluding hydrogens is 178 g/mol. The summed E-state index contributed by atoms with van der Waals surface area (Å²) in [5, 5.41) is 0. The molecule has 0 aliphatic rings. The van der Waals surface area contributed by atoms with Gasteiger partial charge < -0.3 is 0 Å². The van der Waals surface area contributed by atoms with Gasteiger partial charge in [0, 0.05) is 13.0 Å². The van der Waals surface area contributed by atoms with Crippen LogP contribution in [0.25, 0.3) is 0 Å². The van der Waals surface area contributed by atoms with Gasteiger partial charge in [-0.1, -0.05) is 0 Å². The van der Waals surface area contributed by atoms with E-state index < -0.39 is 28.8 Å². The number of hydrogen-bond donors (Lipinski definition) is 0. The highest BCUT2D eigenvalue weighted by atomic mass is 19.1. The van der Waals surface area contributed by atoms with E-state index in [2.05, 4.69) is 0 Å². The third-order valence-corrected chi connectivity index (χ3v) is 1.50. The first kappa shape index (κ1) is 9.51. The summed E-state index contributed by atoms with van der Waals surface area (Å²) in [5.41, 5.74) is -0.395. The summed E-state index contributed by atoms with van der Waals surface area (Å²) >= 11 is 0. The van der Waals surface area contributed by atoms with Crippen molar-refractivity contribution in [2.75, 3.05) is 0 Å². The van der Waals surface area contributed by atoms with E-state index in [9.17, 15) is 18.4 Å². The van der Waals surface area contributed by atoms with Crippen LogP contribution in [-0.4, -0.2) is 11.6 Å². The molecule has 0 heterocycles. The highest BCUT2D eigenvalue weighted by Gasteiger charge is 2.15. The van der Waals surface area contributed by atoms with Crippen LogP contribution in [0, 0.1) is 11.6 Å². The molecule has 2 nitrogen and oxygen atoms in total. The number of rotatable bonds is 2. The Morgan fingerprint density at radius 1 is 1.23 bits per heavy atom. The zero-order chi connectivity index (χ0) is 10.0. The molecule has 0 saturated carbocycles. The van der Waals surface area contributed by atoms with E-state index in [1.807, 2.05) is 0 Å². The SMILES string of the molecule is CC(=O)C(=O)c1ccc(F)cc1F. The number of carbonyl (C=O) groups is 2. The quantitative estimate of drug-likeness (QED) is 0.518. The Balaban J connectivity index is 3.16. The summed E-state index contributed by atoms with van der Waals surface area (Å²) in [7, 11) is 0. The summed E-state index contributed by atoms with van der Waals surface area (Å²) in [4.78, 5) is 21.5. The monoisotopic (exact) mass is 184 g/mol. The van der Waals surface area contributed by atoms with E-state index in [0.29, 0.717) is 6.07 Å². The van der Waals surface area contributed by atoms with E-state index >= 15 is 0 Å². The van der Waals surface area contributed by atoms with Crippen LogP contribution in [-0.2, 0) is 4.79 Å². The topological polar surface area (TPSA) is 34.1 Å². The summed E-state index contributed by atoms with van der Waals surface area (Å²) in [6, 6.07) is 2.45. The average Bonchev–Trinajstić information content (AvgIpc) is 2.03. The van der Waals surface area contributed by atoms with Crippen molar-refractivity contribution in [2.24, 2.45) is 0 Å². The maximum absolute atomic E-state index is 12.8. The van der Waals surface area contributed by atoms with Crippen LogP contribution in [0.3, 0.4) is 0 Å². The Kier molecular flexibility index (Phi) is 2.51. The van der Waals surface area contributed by atoms with Crippen molar-refractivity contribution >= 4 is 11.6 Å². The molecule has 0 spiro atoms.